The van der Waals surface area contributed by atoms with Gasteiger partial charge in [-0.3, -0.25) is 0 Å². The second kappa shape index (κ2) is 18.7. The number of nitrogens with zero attached hydrogens (tertiary/aromatic N) is 3. The molecule has 59 heavy (non-hydrogen) atoms. The molecule has 2 N–H and O–H groups in total. The first-order valence-electron chi connectivity index (χ1n) is 20.1. The highest BCUT2D eigenvalue weighted by molar-refractivity contribution is 6.08. The van der Waals surface area contributed by atoms with Gasteiger partial charge in [0.2, 0.25) is 0 Å². The van der Waals surface area contributed by atoms with E-state index in [1.165, 1.54) is 6.08 Å². The predicted molar refractivity (Wildman–Crippen MR) is 233 cm³/mol. The van der Waals surface area contributed by atoms with Crippen LogP contribution < -0.4 is 10.6 Å². The summed E-state index contributed by atoms with van der Waals surface area (Å²) in [6, 6.07) is 37.0. The van der Waals surface area contributed by atoms with Gasteiger partial charge in [-0.15, -0.1) is 0 Å². The second-order valence-corrected chi connectivity index (χ2v) is 15.8. The number of hydrogen-bond donors (Lipinski definition) is 2. The Morgan fingerprint density at radius 1 is 0.780 bits per heavy atom. The lowest BCUT2D eigenvalue weighted by Crippen LogP contribution is -2.38. The van der Waals surface area contributed by atoms with Crippen LogP contribution in [0.4, 0.5) is 10.6 Å². The third kappa shape index (κ3) is 10.3. The first-order chi connectivity index (χ1) is 28.3. The Kier molecular flexibility index (Phi) is 13.5. The minimum Gasteiger partial charge on any atom is -0.463 e. The van der Waals surface area contributed by atoms with E-state index in [0.717, 1.165) is 33.2 Å². The number of benzene rings is 4. The van der Waals surface area contributed by atoms with E-state index in [2.05, 4.69) is 51.6 Å². The maximum Gasteiger partial charge on any atom is 0.407 e. The number of alkyl carbamates (subject to hydrolysis) is 1. The molecule has 2 aromatic heterocycles. The first-order valence-corrected chi connectivity index (χ1v) is 20.1. The lowest BCUT2D eigenvalue weighted by atomic mass is 9.77. The smallest absolute Gasteiger partial charge is 0.407 e. The molecule has 6 aromatic rings. The molecule has 0 radical (unpaired) electrons. The van der Waals surface area contributed by atoms with Crippen molar-refractivity contribution in [3.63, 3.8) is 0 Å². The van der Waals surface area contributed by atoms with Gasteiger partial charge in [-0.25, -0.2) is 19.6 Å². The van der Waals surface area contributed by atoms with Crippen LogP contribution in [-0.2, 0) is 42.4 Å². The number of carbonyl (C=O) groups excluding carboxylic acids is 2. The molecule has 0 atom stereocenters. The van der Waals surface area contributed by atoms with Crippen molar-refractivity contribution in [2.75, 3.05) is 31.7 Å². The molecule has 0 bridgehead atoms. The Labute approximate surface area is 346 Å². The van der Waals surface area contributed by atoms with Crippen LogP contribution in [0, 0.1) is 0 Å². The third-order valence-electron chi connectivity index (χ3n) is 9.64. The summed E-state index contributed by atoms with van der Waals surface area (Å²) in [7, 11) is 0. The van der Waals surface area contributed by atoms with E-state index in [9.17, 15) is 9.59 Å². The van der Waals surface area contributed by atoms with Crippen molar-refractivity contribution in [3.8, 4) is 0 Å². The summed E-state index contributed by atoms with van der Waals surface area (Å²) < 4.78 is 25.2. The highest BCUT2D eigenvalue weighted by Gasteiger charge is 2.38. The van der Waals surface area contributed by atoms with Gasteiger partial charge in [-0.1, -0.05) is 103 Å². The molecule has 0 aliphatic heterocycles. The molecule has 0 fully saturated rings. The van der Waals surface area contributed by atoms with E-state index >= 15 is 0 Å². The minimum atomic E-state index is -0.897. The van der Waals surface area contributed by atoms with Crippen molar-refractivity contribution in [2.24, 2.45) is 0 Å². The number of aromatic nitrogens is 3. The predicted octanol–water partition coefficient (Wildman–Crippen LogP) is 9.42. The van der Waals surface area contributed by atoms with Crippen LogP contribution in [0.3, 0.4) is 0 Å². The summed E-state index contributed by atoms with van der Waals surface area (Å²) in [5.41, 5.74) is 3.83. The topological polar surface area (TPSA) is 126 Å². The quantitative estimate of drug-likeness (QED) is 0.0402. The maximum atomic E-state index is 12.3. The van der Waals surface area contributed by atoms with Gasteiger partial charge in [0.15, 0.2) is 5.82 Å². The Hall–Kier alpha value is -6.04. The van der Waals surface area contributed by atoms with E-state index in [4.69, 9.17) is 28.9 Å². The number of anilines is 1. The van der Waals surface area contributed by atoms with Gasteiger partial charge in [0, 0.05) is 24.6 Å². The zero-order valence-corrected chi connectivity index (χ0v) is 35.1. The van der Waals surface area contributed by atoms with Crippen LogP contribution >= 0.6 is 0 Å². The van der Waals surface area contributed by atoms with Gasteiger partial charge in [0.25, 0.3) is 0 Å². The van der Waals surface area contributed by atoms with Crippen LogP contribution in [0.25, 0.3) is 28.0 Å². The average molecular weight is 798 g/mol. The summed E-state index contributed by atoms with van der Waals surface area (Å²) in [5.74, 6) is 0.852. The van der Waals surface area contributed by atoms with Gasteiger partial charge < -0.3 is 34.1 Å². The maximum absolute atomic E-state index is 12.3. The number of pyridine rings is 1. The number of amides is 1. The summed E-state index contributed by atoms with van der Waals surface area (Å²) in [4.78, 5) is 35.3. The van der Waals surface area contributed by atoms with E-state index < -0.39 is 28.8 Å². The van der Waals surface area contributed by atoms with Crippen LogP contribution in [0.2, 0.25) is 0 Å². The fourth-order valence-electron chi connectivity index (χ4n) is 7.15. The Balaban J connectivity index is 1.54. The van der Waals surface area contributed by atoms with E-state index in [0.29, 0.717) is 35.8 Å². The third-order valence-corrected chi connectivity index (χ3v) is 9.64. The van der Waals surface area contributed by atoms with Crippen molar-refractivity contribution in [2.45, 2.75) is 78.4 Å². The highest BCUT2D eigenvalue weighted by atomic mass is 16.6. The van der Waals surface area contributed by atoms with Gasteiger partial charge in [-0.2, -0.15) is 0 Å². The molecule has 2 heterocycles. The fourth-order valence-corrected chi connectivity index (χ4v) is 7.15. The minimum absolute atomic E-state index is 0.254. The van der Waals surface area contributed by atoms with Gasteiger partial charge in [0.05, 0.1) is 36.4 Å². The Morgan fingerprint density at radius 2 is 1.39 bits per heavy atom. The number of ether oxygens (including phenoxy) is 4. The van der Waals surface area contributed by atoms with Gasteiger partial charge in [-0.05, 0) is 82.9 Å². The molecule has 308 valence electrons. The molecule has 0 spiro atoms. The van der Waals surface area contributed by atoms with Crippen molar-refractivity contribution >= 4 is 45.9 Å². The highest BCUT2D eigenvalue weighted by Crippen LogP contribution is 2.42. The standard InChI is InChI=1S/C48H55N5O6/c1-8-56-32-40-51-42-43(53(40)33-47(6,7)58-30-29-49-45(55)59-46(3,4)5)38-27-25-34(26-28-41(54)57-9-2)31-39(38)50-44(42)52-48(35-19-13-10-14-20-35,36-21-15-11-16-22-36)37-23-17-12-18-24-37/h10-28,31H,8-9,29-30,32-33H2,1-7H3,(H,49,55)(H,50,52)/b28-26+. The first kappa shape index (κ1) is 42.6. The molecule has 1 amide bonds. The molecule has 0 unspecified atom stereocenters. The van der Waals surface area contributed by atoms with Gasteiger partial charge >= 0.3 is 12.1 Å². The molecule has 4 aromatic carbocycles. The molecule has 6 rings (SSSR count). The zero-order valence-electron chi connectivity index (χ0n) is 35.1. The Morgan fingerprint density at radius 3 is 1.95 bits per heavy atom. The monoisotopic (exact) mass is 797 g/mol. The Bertz CT molecular complexity index is 2270. The van der Waals surface area contributed by atoms with Gasteiger partial charge in [0.1, 0.15) is 29.1 Å². The normalized spacial score (nSPS) is 12.3. The number of esters is 1. The molecule has 11 nitrogen and oxygen atoms in total. The van der Waals surface area contributed by atoms with E-state index in [1.807, 2.05) is 114 Å². The number of hydrogen-bond acceptors (Lipinski definition) is 9. The second-order valence-electron chi connectivity index (χ2n) is 15.8. The molecule has 11 heteroatoms. The molecule has 0 saturated carbocycles. The fraction of sp³-hybridized carbons (Fsp3) is 0.333. The molecular weight excluding hydrogens is 743 g/mol. The van der Waals surface area contributed by atoms with Crippen molar-refractivity contribution in [3.05, 3.63) is 143 Å². The van der Waals surface area contributed by atoms with Crippen LogP contribution in [0.5, 0.6) is 0 Å². The molecule has 0 aliphatic carbocycles. The number of fused-ring (bicyclic) bond motifs is 3. The summed E-state index contributed by atoms with van der Waals surface area (Å²) >= 11 is 0. The number of imidazole rings is 1. The summed E-state index contributed by atoms with van der Waals surface area (Å²) in [6.07, 6.45) is 2.67. The SMILES string of the molecule is CCOCc1nc2c(NC(c3ccccc3)(c3ccccc3)c3ccccc3)nc3cc(/C=C/C(=O)OCC)ccc3c2n1CC(C)(C)OCCNC(=O)OC(C)(C)C. The van der Waals surface area contributed by atoms with E-state index in [1.54, 1.807) is 13.0 Å². The number of carbonyl (C=O) groups is 2. The van der Waals surface area contributed by atoms with Crippen molar-refractivity contribution in [1.82, 2.24) is 19.9 Å². The summed E-state index contributed by atoms with van der Waals surface area (Å²) in [6.45, 7) is 15.2. The number of rotatable bonds is 17. The zero-order chi connectivity index (χ0) is 42.0. The van der Waals surface area contributed by atoms with Crippen LogP contribution in [0.15, 0.2) is 115 Å². The number of nitrogens with one attached hydrogen (secondary N) is 2. The molecule has 0 aliphatic rings. The lowest BCUT2D eigenvalue weighted by Gasteiger charge is -2.37. The molecular formula is C48H55N5O6. The lowest BCUT2D eigenvalue weighted by molar-refractivity contribution is -0.137. The average Bonchev–Trinajstić information content (AvgIpc) is 3.57. The van der Waals surface area contributed by atoms with E-state index in [-0.39, 0.29) is 26.4 Å². The molecule has 0 saturated heterocycles. The van der Waals surface area contributed by atoms with Crippen LogP contribution in [0.1, 0.15) is 76.5 Å². The van der Waals surface area contributed by atoms with Crippen LogP contribution in [-0.4, -0.2) is 64.2 Å². The largest absolute Gasteiger partial charge is 0.463 e. The van der Waals surface area contributed by atoms with Crippen molar-refractivity contribution in [1.29, 1.82) is 0 Å². The van der Waals surface area contributed by atoms with Crippen molar-refractivity contribution < 1.29 is 28.5 Å². The summed E-state index contributed by atoms with van der Waals surface area (Å²) in [5, 5.41) is 7.64.